The van der Waals surface area contributed by atoms with Crippen LogP contribution in [0.3, 0.4) is 0 Å². The maximum Gasteiger partial charge on any atom is 0.417 e. The lowest BCUT2D eigenvalue weighted by molar-refractivity contribution is -0.385. The van der Waals surface area contributed by atoms with Crippen molar-refractivity contribution in [1.82, 2.24) is 5.32 Å². The molecule has 0 aromatic heterocycles. The van der Waals surface area contributed by atoms with Gasteiger partial charge in [-0.25, -0.2) is 4.79 Å². The number of hydrogen-bond donors (Lipinski definition) is 1. The Bertz CT molecular complexity index is 1080. The average molecular weight is 501 g/mol. The van der Waals surface area contributed by atoms with Crippen LogP contribution in [0.5, 0.6) is 11.5 Å². The number of urea groups is 1. The Morgan fingerprint density at radius 3 is 2.35 bits per heavy atom. The van der Waals surface area contributed by atoms with Gasteiger partial charge in [0.1, 0.15) is 16.3 Å². The second-order valence-corrected chi connectivity index (χ2v) is 6.74. The highest BCUT2D eigenvalue weighted by Crippen LogP contribution is 2.47. The third kappa shape index (κ3) is 5.49. The molecule has 2 aromatic rings. The number of rotatable bonds is 4. The number of benzene rings is 2. The van der Waals surface area contributed by atoms with E-state index in [1.54, 1.807) is 0 Å². The highest BCUT2D eigenvalue weighted by atomic mass is 35.5. The second-order valence-electron chi connectivity index (χ2n) is 5.58. The Hall–Kier alpha value is -2.76. The van der Waals surface area contributed by atoms with Crippen molar-refractivity contribution < 1.29 is 32.4 Å². The minimum atomic E-state index is -4.81. The van der Waals surface area contributed by atoms with Gasteiger partial charge in [-0.2, -0.15) is 18.2 Å². The first kappa shape index (κ1) is 24.5. The SMILES string of the molecule is CNC(=O)N=C(OC)c1cc(Oc2c(Cl)cc(C(F)(F)F)c(Cl)c2Cl)ccc1[N+](=O)[O-]. The Labute approximate surface area is 187 Å². The fourth-order valence-corrected chi connectivity index (χ4v) is 3.05. The van der Waals surface area contributed by atoms with Crippen LogP contribution in [0.15, 0.2) is 29.3 Å². The number of nitrogens with one attached hydrogen (secondary N) is 1. The molecule has 0 atom stereocenters. The molecule has 166 valence electrons. The van der Waals surface area contributed by atoms with Gasteiger partial charge in [-0.3, -0.25) is 10.1 Å². The van der Waals surface area contributed by atoms with Crippen LogP contribution in [0.25, 0.3) is 0 Å². The number of methoxy groups -OCH3 is 1. The summed E-state index contributed by atoms with van der Waals surface area (Å²) in [6.45, 7) is 0. The maximum absolute atomic E-state index is 13.0. The Morgan fingerprint density at radius 2 is 1.84 bits per heavy atom. The smallest absolute Gasteiger partial charge is 0.417 e. The maximum atomic E-state index is 13.0. The molecule has 0 radical (unpaired) electrons. The summed E-state index contributed by atoms with van der Waals surface area (Å²) in [5, 5.41) is 11.6. The van der Waals surface area contributed by atoms with Gasteiger partial charge in [0, 0.05) is 19.2 Å². The summed E-state index contributed by atoms with van der Waals surface area (Å²) in [7, 11) is 2.41. The van der Waals surface area contributed by atoms with Gasteiger partial charge in [-0.15, -0.1) is 0 Å². The lowest BCUT2D eigenvalue weighted by atomic mass is 10.1. The van der Waals surface area contributed by atoms with E-state index in [9.17, 15) is 28.1 Å². The van der Waals surface area contributed by atoms with Crippen LogP contribution in [-0.4, -0.2) is 31.0 Å². The molecule has 2 aromatic carbocycles. The van der Waals surface area contributed by atoms with Crippen molar-refractivity contribution in [3.8, 4) is 11.5 Å². The summed E-state index contributed by atoms with van der Waals surface area (Å²) in [6, 6.07) is 2.90. The summed E-state index contributed by atoms with van der Waals surface area (Å²) in [6.07, 6.45) is -4.81. The molecule has 0 aliphatic rings. The van der Waals surface area contributed by atoms with E-state index in [1.165, 1.54) is 7.05 Å². The Kier molecular flexibility index (Phi) is 7.58. The van der Waals surface area contributed by atoms with Crippen LogP contribution in [0.4, 0.5) is 23.7 Å². The highest BCUT2D eigenvalue weighted by molar-refractivity contribution is 6.45. The van der Waals surface area contributed by atoms with Crippen molar-refractivity contribution in [2.75, 3.05) is 14.2 Å². The first-order chi connectivity index (χ1) is 14.4. The fraction of sp³-hybridized carbons (Fsp3) is 0.176. The van der Waals surface area contributed by atoms with Gasteiger partial charge in [-0.05, 0) is 12.1 Å². The van der Waals surface area contributed by atoms with Crippen LogP contribution in [0.1, 0.15) is 11.1 Å². The average Bonchev–Trinajstić information content (AvgIpc) is 2.70. The highest BCUT2D eigenvalue weighted by Gasteiger charge is 2.36. The number of nitro groups is 1. The van der Waals surface area contributed by atoms with E-state index in [0.29, 0.717) is 6.07 Å². The number of hydrogen-bond acceptors (Lipinski definition) is 5. The van der Waals surface area contributed by atoms with E-state index in [1.807, 2.05) is 0 Å². The molecule has 14 heteroatoms. The quantitative estimate of drug-likeness (QED) is 0.180. The van der Waals surface area contributed by atoms with E-state index in [4.69, 9.17) is 44.3 Å². The summed E-state index contributed by atoms with van der Waals surface area (Å²) in [5.74, 6) is -0.968. The van der Waals surface area contributed by atoms with Gasteiger partial charge >= 0.3 is 12.2 Å². The molecule has 1 N–H and O–H groups in total. The summed E-state index contributed by atoms with van der Waals surface area (Å²) in [4.78, 5) is 25.7. The lowest BCUT2D eigenvalue weighted by Gasteiger charge is -2.16. The molecule has 8 nitrogen and oxygen atoms in total. The van der Waals surface area contributed by atoms with Crippen molar-refractivity contribution in [1.29, 1.82) is 0 Å². The number of nitrogens with zero attached hydrogens (tertiary/aromatic N) is 2. The predicted molar refractivity (Wildman–Crippen MR) is 108 cm³/mol. The minimum absolute atomic E-state index is 0.137. The van der Waals surface area contributed by atoms with E-state index < -0.39 is 55.1 Å². The van der Waals surface area contributed by atoms with Crippen molar-refractivity contribution in [2.24, 2.45) is 4.99 Å². The summed E-state index contributed by atoms with van der Waals surface area (Å²) < 4.78 is 49.5. The molecule has 31 heavy (non-hydrogen) atoms. The molecule has 0 saturated heterocycles. The van der Waals surface area contributed by atoms with Gasteiger partial charge in [0.25, 0.3) is 5.69 Å². The normalized spacial score (nSPS) is 11.8. The van der Waals surface area contributed by atoms with E-state index in [-0.39, 0.29) is 11.3 Å². The van der Waals surface area contributed by atoms with Gasteiger partial charge < -0.3 is 14.8 Å². The zero-order valence-corrected chi connectivity index (χ0v) is 17.8. The number of carbonyl (C=O) groups is 1. The van der Waals surface area contributed by atoms with Gasteiger partial charge in [0.05, 0.1) is 27.6 Å². The second kappa shape index (κ2) is 9.58. The number of nitro benzene ring substituents is 1. The molecule has 0 aliphatic heterocycles. The standard InChI is InChI=1S/C17H11Cl3F3N3O5/c1-24-16(27)25-15(30-2)8-5-7(3-4-11(8)26(28)29)31-14-10(18)6-9(17(21,22)23)12(19)13(14)20/h3-6H,1-2H3,(H,24,27). The van der Waals surface area contributed by atoms with Crippen molar-refractivity contribution in [2.45, 2.75) is 6.18 Å². The first-order valence-electron chi connectivity index (χ1n) is 7.96. The monoisotopic (exact) mass is 499 g/mol. The number of carbonyl (C=O) groups excluding carboxylic acids is 1. The first-order valence-corrected chi connectivity index (χ1v) is 9.09. The predicted octanol–water partition coefficient (Wildman–Crippen LogP) is 6.10. The van der Waals surface area contributed by atoms with Gasteiger partial charge in [0.2, 0.25) is 5.90 Å². The molecule has 0 spiro atoms. The van der Waals surface area contributed by atoms with Crippen LogP contribution in [0, 0.1) is 10.1 Å². The molecular weight excluding hydrogens is 490 g/mol. The lowest BCUT2D eigenvalue weighted by Crippen LogP contribution is -2.17. The van der Waals surface area contributed by atoms with E-state index in [2.05, 4.69) is 10.3 Å². The van der Waals surface area contributed by atoms with E-state index >= 15 is 0 Å². The molecule has 0 fully saturated rings. The third-order valence-corrected chi connectivity index (χ3v) is 4.78. The largest absolute Gasteiger partial charge is 0.480 e. The van der Waals surface area contributed by atoms with Crippen LogP contribution < -0.4 is 10.1 Å². The topological polar surface area (TPSA) is 103 Å². The van der Waals surface area contributed by atoms with Crippen molar-refractivity contribution in [3.05, 3.63) is 60.6 Å². The molecular formula is C17H11Cl3F3N3O5. The molecule has 0 saturated carbocycles. The summed E-state index contributed by atoms with van der Waals surface area (Å²) in [5.41, 5.74) is -2.00. The molecule has 2 rings (SSSR count). The number of amides is 2. The minimum Gasteiger partial charge on any atom is -0.480 e. The molecule has 2 amide bonds. The Morgan fingerprint density at radius 1 is 1.19 bits per heavy atom. The zero-order chi connectivity index (χ0) is 23.5. The molecule has 0 unspecified atom stereocenters. The number of aliphatic imine (C=N–C) groups is 1. The van der Waals surface area contributed by atoms with Gasteiger partial charge in [-0.1, -0.05) is 34.8 Å². The summed E-state index contributed by atoms with van der Waals surface area (Å²) >= 11 is 17.5. The molecule has 0 aliphatic carbocycles. The van der Waals surface area contributed by atoms with Crippen LogP contribution in [-0.2, 0) is 10.9 Å². The molecule has 0 bridgehead atoms. The van der Waals surface area contributed by atoms with Crippen LogP contribution in [0.2, 0.25) is 15.1 Å². The Balaban J connectivity index is 2.60. The van der Waals surface area contributed by atoms with Crippen molar-refractivity contribution in [3.63, 3.8) is 0 Å². The number of ether oxygens (including phenoxy) is 2. The fourth-order valence-electron chi connectivity index (χ4n) is 2.27. The molecule has 0 heterocycles. The van der Waals surface area contributed by atoms with Gasteiger partial charge in [0.15, 0.2) is 5.75 Å². The number of alkyl halides is 3. The number of halogens is 6. The van der Waals surface area contributed by atoms with E-state index in [0.717, 1.165) is 25.3 Å². The van der Waals surface area contributed by atoms with Crippen molar-refractivity contribution >= 4 is 52.4 Å². The third-order valence-electron chi connectivity index (χ3n) is 3.65. The van der Waals surface area contributed by atoms with Crippen LogP contribution >= 0.6 is 34.8 Å². The zero-order valence-electron chi connectivity index (χ0n) is 15.5.